The molecule has 0 saturated heterocycles. The van der Waals surface area contributed by atoms with Crippen molar-refractivity contribution in [3.05, 3.63) is 63.6 Å². The van der Waals surface area contributed by atoms with Gasteiger partial charge in [-0.25, -0.2) is 4.98 Å². The van der Waals surface area contributed by atoms with Crippen molar-refractivity contribution in [1.82, 2.24) is 24.7 Å². The van der Waals surface area contributed by atoms with Gasteiger partial charge in [0.2, 0.25) is 0 Å². The first kappa shape index (κ1) is 22.2. The monoisotopic (exact) mass is 414 g/mol. The molecule has 0 spiro atoms. The lowest BCUT2D eigenvalue weighted by atomic mass is 10.2. The van der Waals surface area contributed by atoms with Crippen LogP contribution in [0.15, 0.2) is 40.3 Å². The van der Waals surface area contributed by atoms with E-state index in [1.165, 1.54) is 17.8 Å². The Morgan fingerprint density at radius 3 is 2.58 bits per heavy atom. The minimum absolute atomic E-state index is 0. The molecule has 0 unspecified atom stereocenters. The molecule has 0 amide bonds. The Bertz CT molecular complexity index is 927. The smallest absolute Gasteiger partial charge is 0.251 e. The number of thioether (sulfide) groups is 1. The SMILES string of the molecule is Cc1nc(CSc2nnc(CN)n2-c2ccccc2C)cc(=O)[nH]1.Cl.Cl. The van der Waals surface area contributed by atoms with Crippen LogP contribution in [0.25, 0.3) is 5.69 Å². The molecule has 2 heterocycles. The number of nitrogens with two attached hydrogens (primary N) is 1. The van der Waals surface area contributed by atoms with Crippen LogP contribution in [-0.4, -0.2) is 24.7 Å². The maximum Gasteiger partial charge on any atom is 0.251 e. The first-order chi connectivity index (χ1) is 11.6. The third-order valence-corrected chi connectivity index (χ3v) is 4.46. The van der Waals surface area contributed by atoms with Crippen LogP contribution in [0.3, 0.4) is 0 Å². The molecule has 3 aromatic rings. The lowest BCUT2D eigenvalue weighted by Gasteiger charge is -2.11. The number of aryl methyl sites for hydroxylation is 2. The predicted octanol–water partition coefficient (Wildman–Crippen LogP) is 2.56. The predicted molar refractivity (Wildman–Crippen MR) is 108 cm³/mol. The molecule has 10 heteroatoms. The highest BCUT2D eigenvalue weighted by Gasteiger charge is 2.15. The number of rotatable bonds is 5. The van der Waals surface area contributed by atoms with Crippen LogP contribution in [0.2, 0.25) is 0 Å². The van der Waals surface area contributed by atoms with E-state index in [9.17, 15) is 4.79 Å². The van der Waals surface area contributed by atoms with Crippen molar-refractivity contribution in [2.45, 2.75) is 31.3 Å². The lowest BCUT2D eigenvalue weighted by Crippen LogP contribution is -2.10. The number of nitrogens with one attached hydrogen (secondary N) is 1. The summed E-state index contributed by atoms with van der Waals surface area (Å²) in [5, 5.41) is 9.15. The number of nitrogens with zero attached hydrogens (tertiary/aromatic N) is 4. The third-order valence-electron chi connectivity index (χ3n) is 3.50. The first-order valence-electron chi connectivity index (χ1n) is 7.48. The van der Waals surface area contributed by atoms with Crippen molar-refractivity contribution in [2.24, 2.45) is 5.73 Å². The number of benzene rings is 1. The van der Waals surface area contributed by atoms with Crippen molar-refractivity contribution in [1.29, 1.82) is 0 Å². The normalized spacial score (nSPS) is 10.1. The summed E-state index contributed by atoms with van der Waals surface area (Å²) in [5.41, 5.74) is 8.47. The fourth-order valence-corrected chi connectivity index (χ4v) is 3.29. The Balaban J connectivity index is 0.00000169. The number of hydrogen-bond donors (Lipinski definition) is 2. The van der Waals surface area contributed by atoms with E-state index in [0.29, 0.717) is 29.6 Å². The van der Waals surface area contributed by atoms with E-state index in [-0.39, 0.29) is 30.4 Å². The van der Waals surface area contributed by atoms with Gasteiger partial charge in [0.25, 0.3) is 5.56 Å². The number of para-hydroxylation sites is 1. The zero-order chi connectivity index (χ0) is 17.1. The second kappa shape index (κ2) is 9.72. The fraction of sp³-hybridized carbons (Fsp3) is 0.250. The summed E-state index contributed by atoms with van der Waals surface area (Å²) in [6, 6.07) is 9.50. The molecule has 0 aliphatic carbocycles. The second-order valence-corrected chi connectivity index (χ2v) is 6.28. The third kappa shape index (κ3) is 4.85. The van der Waals surface area contributed by atoms with Crippen LogP contribution in [0.4, 0.5) is 0 Å². The maximum absolute atomic E-state index is 11.6. The van der Waals surface area contributed by atoms with E-state index in [0.717, 1.165) is 16.4 Å². The highest BCUT2D eigenvalue weighted by molar-refractivity contribution is 7.98. The van der Waals surface area contributed by atoms with Gasteiger partial charge in [0, 0.05) is 11.8 Å². The Labute approximate surface area is 167 Å². The molecule has 0 radical (unpaired) electrons. The molecule has 140 valence electrons. The summed E-state index contributed by atoms with van der Waals surface area (Å²) in [6.45, 7) is 4.09. The van der Waals surface area contributed by atoms with E-state index < -0.39 is 0 Å². The molecule has 7 nitrogen and oxygen atoms in total. The summed E-state index contributed by atoms with van der Waals surface area (Å²) in [6.07, 6.45) is 0. The van der Waals surface area contributed by atoms with E-state index in [1.54, 1.807) is 6.92 Å². The summed E-state index contributed by atoms with van der Waals surface area (Å²) in [7, 11) is 0. The van der Waals surface area contributed by atoms with Crippen molar-refractivity contribution in [3.8, 4) is 5.69 Å². The van der Waals surface area contributed by atoms with Crippen molar-refractivity contribution in [2.75, 3.05) is 0 Å². The molecule has 2 aromatic heterocycles. The van der Waals surface area contributed by atoms with E-state index in [1.807, 2.05) is 35.8 Å². The molecule has 3 N–H and O–H groups in total. The average Bonchev–Trinajstić information content (AvgIpc) is 2.95. The zero-order valence-electron chi connectivity index (χ0n) is 14.3. The van der Waals surface area contributed by atoms with E-state index in [4.69, 9.17) is 5.73 Å². The number of aromatic amines is 1. The summed E-state index contributed by atoms with van der Waals surface area (Å²) < 4.78 is 1.96. The minimum Gasteiger partial charge on any atom is -0.324 e. The molecule has 0 aliphatic rings. The van der Waals surface area contributed by atoms with Crippen LogP contribution >= 0.6 is 36.6 Å². The van der Waals surface area contributed by atoms with Gasteiger partial charge in [-0.1, -0.05) is 30.0 Å². The molecule has 0 bridgehead atoms. The van der Waals surface area contributed by atoms with Gasteiger partial charge in [-0.2, -0.15) is 0 Å². The van der Waals surface area contributed by atoms with Crippen LogP contribution in [-0.2, 0) is 12.3 Å². The van der Waals surface area contributed by atoms with E-state index >= 15 is 0 Å². The standard InChI is InChI=1S/C16H18N6OS.2ClH/c1-10-5-3-4-6-13(10)22-14(8-17)20-21-16(22)24-9-12-7-15(23)19-11(2)18-12;;/h3-7H,8-9,17H2,1-2H3,(H,18,19,23);2*1H. The Morgan fingerprint density at radius 1 is 1.19 bits per heavy atom. The number of aromatic nitrogens is 5. The van der Waals surface area contributed by atoms with E-state index in [2.05, 4.69) is 20.2 Å². The minimum atomic E-state index is -0.152. The molecule has 0 atom stereocenters. The number of halogens is 2. The summed E-state index contributed by atoms with van der Waals surface area (Å²) >= 11 is 1.48. The molecule has 26 heavy (non-hydrogen) atoms. The number of hydrogen-bond acceptors (Lipinski definition) is 6. The lowest BCUT2D eigenvalue weighted by molar-refractivity contribution is 0.818. The van der Waals surface area contributed by atoms with Gasteiger partial charge in [-0.15, -0.1) is 35.0 Å². The highest BCUT2D eigenvalue weighted by atomic mass is 35.5. The average molecular weight is 415 g/mol. The van der Waals surface area contributed by atoms with Crippen LogP contribution in [0.5, 0.6) is 0 Å². The van der Waals surface area contributed by atoms with Gasteiger partial charge in [0.15, 0.2) is 11.0 Å². The molecule has 0 saturated carbocycles. The fourth-order valence-electron chi connectivity index (χ4n) is 2.44. The summed E-state index contributed by atoms with van der Waals surface area (Å²) in [5.74, 6) is 1.82. The Kier molecular flexibility index (Phi) is 8.29. The molecule has 0 fully saturated rings. The molecular weight excluding hydrogens is 395 g/mol. The second-order valence-electron chi connectivity index (χ2n) is 5.34. The highest BCUT2D eigenvalue weighted by Crippen LogP contribution is 2.26. The van der Waals surface area contributed by atoms with Crippen molar-refractivity contribution < 1.29 is 0 Å². The molecule has 3 rings (SSSR count). The van der Waals surface area contributed by atoms with Gasteiger partial charge < -0.3 is 10.7 Å². The maximum atomic E-state index is 11.6. The van der Waals surface area contributed by atoms with Gasteiger partial charge in [-0.05, 0) is 25.5 Å². The van der Waals surface area contributed by atoms with Crippen LogP contribution in [0.1, 0.15) is 22.9 Å². The van der Waals surface area contributed by atoms with Gasteiger partial charge >= 0.3 is 0 Å². The van der Waals surface area contributed by atoms with Crippen LogP contribution in [0, 0.1) is 13.8 Å². The molecular formula is C16H20Cl2N6OS. The van der Waals surface area contributed by atoms with Crippen molar-refractivity contribution >= 4 is 36.6 Å². The zero-order valence-corrected chi connectivity index (χ0v) is 16.7. The largest absolute Gasteiger partial charge is 0.324 e. The Hall–Kier alpha value is -1.87. The topological polar surface area (TPSA) is 102 Å². The van der Waals surface area contributed by atoms with Crippen LogP contribution < -0.4 is 11.3 Å². The van der Waals surface area contributed by atoms with Gasteiger partial charge in [-0.3, -0.25) is 9.36 Å². The first-order valence-corrected chi connectivity index (χ1v) is 8.47. The molecule has 1 aromatic carbocycles. The quantitative estimate of drug-likeness (QED) is 0.621. The van der Waals surface area contributed by atoms with Gasteiger partial charge in [0.05, 0.1) is 17.9 Å². The Morgan fingerprint density at radius 2 is 1.92 bits per heavy atom. The number of H-pyrrole nitrogens is 1. The van der Waals surface area contributed by atoms with Gasteiger partial charge in [0.1, 0.15) is 5.82 Å². The summed E-state index contributed by atoms with van der Waals surface area (Å²) in [4.78, 5) is 18.5. The molecule has 0 aliphatic heterocycles. The van der Waals surface area contributed by atoms with Crippen molar-refractivity contribution in [3.63, 3.8) is 0 Å².